The number of carbonyl (C=O) groups is 1. The summed E-state index contributed by atoms with van der Waals surface area (Å²) in [5.74, 6) is 0.743. The van der Waals surface area contributed by atoms with E-state index >= 15 is 0 Å². The normalized spacial score (nSPS) is 10.6. The van der Waals surface area contributed by atoms with Gasteiger partial charge in [-0.05, 0) is 32.0 Å². The van der Waals surface area contributed by atoms with Crippen LogP contribution in [0.2, 0.25) is 0 Å². The van der Waals surface area contributed by atoms with E-state index in [9.17, 15) is 9.90 Å². The van der Waals surface area contributed by atoms with Crippen molar-refractivity contribution in [2.24, 2.45) is 0 Å². The van der Waals surface area contributed by atoms with Crippen LogP contribution in [0.25, 0.3) is 10.8 Å². The average molecular weight is 322 g/mol. The van der Waals surface area contributed by atoms with Crippen molar-refractivity contribution in [3.05, 3.63) is 59.9 Å². The van der Waals surface area contributed by atoms with E-state index in [2.05, 4.69) is 10.3 Å². The molecule has 2 aromatic carbocycles. The highest BCUT2D eigenvalue weighted by Crippen LogP contribution is 2.37. The molecule has 1 aromatic heterocycles. The number of amides is 1. The molecule has 5 heteroatoms. The van der Waals surface area contributed by atoms with Gasteiger partial charge < -0.3 is 15.2 Å². The monoisotopic (exact) mass is 322 g/mol. The van der Waals surface area contributed by atoms with Gasteiger partial charge in [0.05, 0.1) is 5.69 Å². The van der Waals surface area contributed by atoms with Crippen molar-refractivity contribution < 1.29 is 14.6 Å². The van der Waals surface area contributed by atoms with Crippen molar-refractivity contribution in [2.75, 3.05) is 6.54 Å². The number of aromatic hydroxyl groups is 1. The minimum Gasteiger partial charge on any atom is -0.505 e. The van der Waals surface area contributed by atoms with Gasteiger partial charge in [-0.2, -0.15) is 0 Å². The van der Waals surface area contributed by atoms with Gasteiger partial charge in [0, 0.05) is 17.3 Å². The quantitative estimate of drug-likeness (QED) is 0.766. The highest BCUT2D eigenvalue weighted by Gasteiger charge is 2.19. The molecule has 0 saturated heterocycles. The number of hydrogen-bond donors (Lipinski definition) is 2. The fourth-order valence-corrected chi connectivity index (χ4v) is 2.61. The number of fused-ring (bicyclic) bond motifs is 1. The fraction of sp³-hybridized carbons (Fsp3) is 0.158. The van der Waals surface area contributed by atoms with E-state index in [1.165, 1.54) is 0 Å². The second-order valence-electron chi connectivity index (χ2n) is 5.35. The first-order valence-electron chi connectivity index (χ1n) is 7.75. The lowest BCUT2D eigenvalue weighted by atomic mass is 10.1. The SMILES string of the molecule is CCNC(=O)c1nc(C)c2c(Oc3ccccc3)cccc2c1O. The van der Waals surface area contributed by atoms with Gasteiger partial charge in [0.15, 0.2) is 11.4 Å². The van der Waals surface area contributed by atoms with Crippen molar-refractivity contribution in [1.82, 2.24) is 10.3 Å². The van der Waals surface area contributed by atoms with Crippen LogP contribution >= 0.6 is 0 Å². The molecule has 0 radical (unpaired) electrons. The maximum atomic E-state index is 12.1. The summed E-state index contributed by atoms with van der Waals surface area (Å²) in [5, 5.41) is 14.4. The van der Waals surface area contributed by atoms with Gasteiger partial charge in [-0.1, -0.05) is 30.3 Å². The Bertz CT molecular complexity index is 892. The molecule has 0 spiro atoms. The first-order chi connectivity index (χ1) is 11.6. The molecule has 0 aliphatic heterocycles. The lowest BCUT2D eigenvalue weighted by Gasteiger charge is -2.13. The Kier molecular flexibility index (Phi) is 4.33. The number of para-hydroxylation sites is 1. The number of hydrogen-bond acceptors (Lipinski definition) is 4. The van der Waals surface area contributed by atoms with Gasteiger partial charge in [-0.25, -0.2) is 4.98 Å². The summed E-state index contributed by atoms with van der Waals surface area (Å²) in [5.41, 5.74) is 0.647. The van der Waals surface area contributed by atoms with Crippen LogP contribution in [0.1, 0.15) is 23.1 Å². The summed E-state index contributed by atoms with van der Waals surface area (Å²) in [6.45, 7) is 4.07. The molecule has 2 N–H and O–H groups in total. The van der Waals surface area contributed by atoms with E-state index in [1.807, 2.05) is 43.3 Å². The lowest BCUT2D eigenvalue weighted by molar-refractivity contribution is 0.0948. The Morgan fingerprint density at radius 3 is 2.62 bits per heavy atom. The lowest BCUT2D eigenvalue weighted by Crippen LogP contribution is -2.24. The first kappa shape index (κ1) is 15.8. The smallest absolute Gasteiger partial charge is 0.273 e. The van der Waals surface area contributed by atoms with Gasteiger partial charge in [0.2, 0.25) is 0 Å². The third-order valence-corrected chi connectivity index (χ3v) is 3.67. The second-order valence-corrected chi connectivity index (χ2v) is 5.35. The van der Waals surface area contributed by atoms with Crippen LogP contribution in [-0.4, -0.2) is 22.5 Å². The molecule has 3 aromatic rings. The van der Waals surface area contributed by atoms with E-state index in [4.69, 9.17) is 4.74 Å². The fourth-order valence-electron chi connectivity index (χ4n) is 2.61. The molecule has 122 valence electrons. The number of ether oxygens (including phenoxy) is 1. The number of rotatable bonds is 4. The number of carbonyl (C=O) groups excluding carboxylic acids is 1. The third-order valence-electron chi connectivity index (χ3n) is 3.67. The van der Waals surface area contributed by atoms with Gasteiger partial charge in [0.1, 0.15) is 11.5 Å². The molecular formula is C19H18N2O3. The van der Waals surface area contributed by atoms with Crippen LogP contribution in [-0.2, 0) is 0 Å². The molecule has 24 heavy (non-hydrogen) atoms. The number of pyridine rings is 1. The number of aryl methyl sites for hydroxylation is 1. The number of nitrogens with zero attached hydrogens (tertiary/aromatic N) is 1. The summed E-state index contributed by atoms with van der Waals surface area (Å²) < 4.78 is 5.92. The predicted molar refractivity (Wildman–Crippen MR) is 92.7 cm³/mol. The molecule has 0 bridgehead atoms. The molecule has 3 rings (SSSR count). The summed E-state index contributed by atoms with van der Waals surface area (Å²) in [7, 11) is 0. The maximum absolute atomic E-state index is 12.1. The van der Waals surface area contributed by atoms with E-state index in [0.29, 0.717) is 34.5 Å². The molecule has 5 nitrogen and oxygen atoms in total. The van der Waals surface area contributed by atoms with Crippen LogP contribution in [0.15, 0.2) is 48.5 Å². The second kappa shape index (κ2) is 6.58. The van der Waals surface area contributed by atoms with Gasteiger partial charge in [-0.15, -0.1) is 0 Å². The minimum absolute atomic E-state index is 0.0266. The third kappa shape index (κ3) is 2.88. The van der Waals surface area contributed by atoms with Crippen LogP contribution in [0, 0.1) is 6.92 Å². The first-order valence-corrected chi connectivity index (χ1v) is 7.75. The molecule has 0 fully saturated rings. The number of benzene rings is 2. The standard InChI is InChI=1S/C19H18N2O3/c1-3-20-19(23)17-18(22)14-10-7-11-15(16(14)12(2)21-17)24-13-8-5-4-6-9-13/h4-11,22H,3H2,1-2H3,(H,20,23). The summed E-state index contributed by atoms with van der Waals surface area (Å²) in [6.07, 6.45) is 0. The van der Waals surface area contributed by atoms with Gasteiger partial charge in [0.25, 0.3) is 5.91 Å². The Hall–Kier alpha value is -3.08. The highest BCUT2D eigenvalue weighted by atomic mass is 16.5. The zero-order chi connectivity index (χ0) is 17.1. The highest BCUT2D eigenvalue weighted by molar-refractivity contribution is 6.04. The molecule has 0 atom stereocenters. The zero-order valence-corrected chi connectivity index (χ0v) is 13.5. The number of aromatic nitrogens is 1. The van der Waals surface area contributed by atoms with Crippen molar-refractivity contribution in [2.45, 2.75) is 13.8 Å². The number of nitrogens with one attached hydrogen (secondary N) is 1. The predicted octanol–water partition coefficient (Wildman–Crippen LogP) is 3.79. The molecule has 0 aliphatic rings. The summed E-state index contributed by atoms with van der Waals surface area (Å²) in [4.78, 5) is 16.4. The molecule has 0 saturated carbocycles. The van der Waals surface area contributed by atoms with Crippen molar-refractivity contribution in [3.63, 3.8) is 0 Å². The van der Waals surface area contributed by atoms with Crippen LogP contribution in [0.4, 0.5) is 0 Å². The molecular weight excluding hydrogens is 304 g/mol. The largest absolute Gasteiger partial charge is 0.505 e. The summed E-state index contributed by atoms with van der Waals surface area (Å²) in [6, 6.07) is 14.7. The Balaban J connectivity index is 2.14. The van der Waals surface area contributed by atoms with E-state index in [0.717, 1.165) is 0 Å². The minimum atomic E-state index is -0.394. The van der Waals surface area contributed by atoms with E-state index in [-0.39, 0.29) is 11.4 Å². The van der Waals surface area contributed by atoms with E-state index in [1.54, 1.807) is 19.1 Å². The molecule has 0 unspecified atom stereocenters. The van der Waals surface area contributed by atoms with Crippen molar-refractivity contribution in [1.29, 1.82) is 0 Å². The van der Waals surface area contributed by atoms with Gasteiger partial charge >= 0.3 is 0 Å². The van der Waals surface area contributed by atoms with E-state index < -0.39 is 5.91 Å². The topological polar surface area (TPSA) is 71.5 Å². The Morgan fingerprint density at radius 2 is 1.92 bits per heavy atom. The van der Waals surface area contributed by atoms with Crippen LogP contribution < -0.4 is 10.1 Å². The Morgan fingerprint density at radius 1 is 1.17 bits per heavy atom. The average Bonchev–Trinajstić information content (AvgIpc) is 2.59. The van der Waals surface area contributed by atoms with Gasteiger partial charge in [-0.3, -0.25) is 4.79 Å². The van der Waals surface area contributed by atoms with Crippen LogP contribution in [0.5, 0.6) is 17.2 Å². The molecule has 1 amide bonds. The Labute approximate surface area is 139 Å². The molecule has 1 heterocycles. The zero-order valence-electron chi connectivity index (χ0n) is 13.5. The van der Waals surface area contributed by atoms with Crippen molar-refractivity contribution >= 4 is 16.7 Å². The van der Waals surface area contributed by atoms with Crippen molar-refractivity contribution in [3.8, 4) is 17.2 Å². The molecule has 0 aliphatic carbocycles. The summed E-state index contributed by atoms with van der Waals surface area (Å²) >= 11 is 0. The van der Waals surface area contributed by atoms with Crippen LogP contribution in [0.3, 0.4) is 0 Å². The maximum Gasteiger partial charge on any atom is 0.273 e.